The average molecular weight is 253 g/mol. The van der Waals surface area contributed by atoms with Gasteiger partial charge in [-0.25, -0.2) is 0 Å². The molecule has 102 valence electrons. The van der Waals surface area contributed by atoms with Crippen LogP contribution in [0.3, 0.4) is 0 Å². The van der Waals surface area contributed by atoms with Crippen LogP contribution in [-0.4, -0.2) is 41.9 Å². The Balaban J connectivity index is 1.97. The Morgan fingerprint density at radius 3 is 2.78 bits per heavy atom. The van der Waals surface area contributed by atoms with Crippen molar-refractivity contribution in [1.82, 2.24) is 10.2 Å². The standard InChI is InChI=1S/C13H23N3O2/c1-9-4-3-6-13(14,8-9)12(18)15-10-5-7-16(2)11(10)17/h9-10H,3-8,14H2,1-2H3,(H,15,18). The maximum absolute atomic E-state index is 12.3. The van der Waals surface area contributed by atoms with Gasteiger partial charge in [-0.2, -0.15) is 0 Å². The minimum Gasteiger partial charge on any atom is -0.344 e. The fourth-order valence-electron chi connectivity index (χ4n) is 3.06. The summed E-state index contributed by atoms with van der Waals surface area (Å²) in [5.41, 5.74) is 5.44. The van der Waals surface area contributed by atoms with E-state index >= 15 is 0 Å². The summed E-state index contributed by atoms with van der Waals surface area (Å²) < 4.78 is 0. The van der Waals surface area contributed by atoms with E-state index in [1.807, 2.05) is 0 Å². The summed E-state index contributed by atoms with van der Waals surface area (Å²) in [7, 11) is 1.76. The molecule has 2 rings (SSSR count). The molecule has 0 radical (unpaired) electrons. The molecular formula is C13H23N3O2. The Bertz CT molecular complexity index is 358. The van der Waals surface area contributed by atoms with Crippen molar-refractivity contribution in [3.8, 4) is 0 Å². The maximum Gasteiger partial charge on any atom is 0.244 e. The van der Waals surface area contributed by atoms with Gasteiger partial charge in [0, 0.05) is 13.6 Å². The highest BCUT2D eigenvalue weighted by Gasteiger charge is 2.40. The molecule has 2 fully saturated rings. The molecule has 3 unspecified atom stereocenters. The van der Waals surface area contributed by atoms with Crippen LogP contribution in [0.5, 0.6) is 0 Å². The lowest BCUT2D eigenvalue weighted by atomic mass is 9.76. The molecule has 0 aromatic heterocycles. The summed E-state index contributed by atoms with van der Waals surface area (Å²) >= 11 is 0. The molecule has 1 saturated heterocycles. The van der Waals surface area contributed by atoms with Crippen molar-refractivity contribution in [2.75, 3.05) is 13.6 Å². The molecule has 1 heterocycles. The van der Waals surface area contributed by atoms with Gasteiger partial charge in [0.2, 0.25) is 11.8 Å². The van der Waals surface area contributed by atoms with E-state index in [0.717, 1.165) is 25.7 Å². The number of carbonyl (C=O) groups excluding carboxylic acids is 2. The SMILES string of the molecule is CC1CCCC(N)(C(=O)NC2CCN(C)C2=O)C1. The van der Waals surface area contributed by atoms with Gasteiger partial charge in [0.05, 0.1) is 5.54 Å². The number of amides is 2. The lowest BCUT2D eigenvalue weighted by Gasteiger charge is -2.35. The van der Waals surface area contributed by atoms with Crippen LogP contribution in [0.15, 0.2) is 0 Å². The summed E-state index contributed by atoms with van der Waals surface area (Å²) in [6.07, 6.45) is 4.25. The predicted octanol–water partition coefficient (Wildman–Crippen LogP) is 0.241. The Hall–Kier alpha value is -1.10. The molecule has 0 aromatic carbocycles. The van der Waals surface area contributed by atoms with Gasteiger partial charge in [-0.15, -0.1) is 0 Å². The third-order valence-corrected chi connectivity index (χ3v) is 4.22. The number of likely N-dealkylation sites (N-methyl/N-ethyl adjacent to an activating group) is 1. The molecule has 3 N–H and O–H groups in total. The lowest BCUT2D eigenvalue weighted by Crippen LogP contribution is -2.59. The van der Waals surface area contributed by atoms with Crippen LogP contribution in [0.1, 0.15) is 39.0 Å². The summed E-state index contributed by atoms with van der Waals surface area (Å²) in [5.74, 6) is 0.329. The van der Waals surface area contributed by atoms with E-state index in [1.165, 1.54) is 0 Å². The Morgan fingerprint density at radius 1 is 1.50 bits per heavy atom. The first-order valence-electron chi connectivity index (χ1n) is 6.77. The number of carbonyl (C=O) groups is 2. The van der Waals surface area contributed by atoms with Crippen molar-refractivity contribution in [2.45, 2.75) is 50.6 Å². The fourth-order valence-corrected chi connectivity index (χ4v) is 3.06. The molecule has 0 spiro atoms. The first-order chi connectivity index (χ1) is 8.42. The number of nitrogens with zero attached hydrogens (tertiary/aromatic N) is 1. The van der Waals surface area contributed by atoms with Crippen LogP contribution in [0, 0.1) is 5.92 Å². The fraction of sp³-hybridized carbons (Fsp3) is 0.846. The zero-order valence-corrected chi connectivity index (χ0v) is 11.2. The lowest BCUT2D eigenvalue weighted by molar-refractivity contribution is -0.134. The highest BCUT2D eigenvalue weighted by atomic mass is 16.2. The Morgan fingerprint density at radius 2 is 2.22 bits per heavy atom. The second-order valence-corrected chi connectivity index (χ2v) is 5.93. The van der Waals surface area contributed by atoms with E-state index in [9.17, 15) is 9.59 Å². The van der Waals surface area contributed by atoms with E-state index in [0.29, 0.717) is 18.9 Å². The largest absolute Gasteiger partial charge is 0.344 e. The first kappa shape index (κ1) is 13.3. The first-order valence-corrected chi connectivity index (χ1v) is 6.77. The molecule has 5 nitrogen and oxygen atoms in total. The van der Waals surface area contributed by atoms with Gasteiger partial charge in [0.25, 0.3) is 0 Å². The summed E-state index contributed by atoms with van der Waals surface area (Å²) in [5, 5.41) is 2.83. The minimum atomic E-state index is -0.779. The van der Waals surface area contributed by atoms with Gasteiger partial charge in [0.15, 0.2) is 0 Å². The minimum absolute atomic E-state index is 0.00388. The van der Waals surface area contributed by atoms with E-state index in [4.69, 9.17) is 5.73 Å². The molecule has 0 aromatic rings. The van der Waals surface area contributed by atoms with Crippen LogP contribution in [0.2, 0.25) is 0 Å². The quantitative estimate of drug-likeness (QED) is 0.740. The Labute approximate surface area is 108 Å². The van der Waals surface area contributed by atoms with Crippen molar-refractivity contribution >= 4 is 11.8 Å². The van der Waals surface area contributed by atoms with Gasteiger partial charge < -0.3 is 16.0 Å². The second-order valence-electron chi connectivity index (χ2n) is 5.93. The predicted molar refractivity (Wildman–Crippen MR) is 68.7 cm³/mol. The average Bonchev–Trinajstić information content (AvgIpc) is 2.60. The van der Waals surface area contributed by atoms with Gasteiger partial charge in [0.1, 0.15) is 6.04 Å². The number of hydrogen-bond donors (Lipinski definition) is 2. The normalized spacial score (nSPS) is 36.8. The molecule has 2 aliphatic rings. The number of nitrogens with one attached hydrogen (secondary N) is 1. The van der Waals surface area contributed by atoms with Gasteiger partial charge in [-0.1, -0.05) is 19.8 Å². The van der Waals surface area contributed by atoms with Crippen LogP contribution in [-0.2, 0) is 9.59 Å². The topological polar surface area (TPSA) is 75.4 Å². The maximum atomic E-state index is 12.3. The van der Waals surface area contributed by atoms with Crippen LogP contribution in [0.4, 0.5) is 0 Å². The second kappa shape index (κ2) is 4.88. The van der Waals surface area contributed by atoms with Crippen LogP contribution >= 0.6 is 0 Å². The zero-order chi connectivity index (χ0) is 13.3. The third kappa shape index (κ3) is 2.51. The third-order valence-electron chi connectivity index (χ3n) is 4.22. The van der Waals surface area contributed by atoms with Crippen molar-refractivity contribution < 1.29 is 9.59 Å². The Kier molecular flexibility index (Phi) is 3.61. The molecule has 5 heteroatoms. The molecule has 18 heavy (non-hydrogen) atoms. The van der Waals surface area contributed by atoms with Gasteiger partial charge in [-0.3, -0.25) is 9.59 Å². The molecule has 2 amide bonds. The molecule has 0 bridgehead atoms. The molecule has 3 atom stereocenters. The molecule has 1 aliphatic carbocycles. The van der Waals surface area contributed by atoms with E-state index in [1.54, 1.807) is 11.9 Å². The van der Waals surface area contributed by atoms with E-state index < -0.39 is 5.54 Å². The number of hydrogen-bond acceptors (Lipinski definition) is 3. The van der Waals surface area contributed by atoms with Crippen LogP contribution < -0.4 is 11.1 Å². The highest BCUT2D eigenvalue weighted by Crippen LogP contribution is 2.30. The monoisotopic (exact) mass is 253 g/mol. The van der Waals surface area contributed by atoms with Gasteiger partial charge >= 0.3 is 0 Å². The van der Waals surface area contributed by atoms with E-state index in [2.05, 4.69) is 12.2 Å². The zero-order valence-electron chi connectivity index (χ0n) is 11.2. The summed E-state index contributed by atoms with van der Waals surface area (Å²) in [6, 6.07) is -0.375. The molecular weight excluding hydrogens is 230 g/mol. The highest BCUT2D eigenvalue weighted by molar-refractivity contribution is 5.92. The number of likely N-dealkylation sites (tertiary alicyclic amines) is 1. The van der Waals surface area contributed by atoms with Crippen molar-refractivity contribution in [3.05, 3.63) is 0 Å². The van der Waals surface area contributed by atoms with Crippen molar-refractivity contribution in [1.29, 1.82) is 0 Å². The molecule has 1 aliphatic heterocycles. The van der Waals surface area contributed by atoms with E-state index in [-0.39, 0.29) is 17.9 Å². The number of nitrogens with two attached hydrogens (primary N) is 1. The number of rotatable bonds is 2. The summed E-state index contributed by atoms with van der Waals surface area (Å²) in [6.45, 7) is 2.83. The van der Waals surface area contributed by atoms with Crippen LogP contribution in [0.25, 0.3) is 0 Å². The van der Waals surface area contributed by atoms with Crippen molar-refractivity contribution in [3.63, 3.8) is 0 Å². The molecule has 1 saturated carbocycles. The smallest absolute Gasteiger partial charge is 0.244 e. The summed E-state index contributed by atoms with van der Waals surface area (Å²) in [4.78, 5) is 25.7. The van der Waals surface area contributed by atoms with Gasteiger partial charge in [-0.05, 0) is 25.2 Å². The van der Waals surface area contributed by atoms with Crippen molar-refractivity contribution in [2.24, 2.45) is 11.7 Å².